The van der Waals surface area contributed by atoms with Crippen molar-refractivity contribution in [3.63, 3.8) is 0 Å². The first kappa shape index (κ1) is 18.3. The van der Waals surface area contributed by atoms with Crippen molar-refractivity contribution in [3.05, 3.63) is 118 Å². The van der Waals surface area contributed by atoms with Gasteiger partial charge in [0.05, 0.1) is 28.2 Å². The zero-order chi connectivity index (χ0) is 20.1. The third-order valence-electron chi connectivity index (χ3n) is 4.48. The Morgan fingerprint density at radius 3 is 1.76 bits per heavy atom. The van der Waals surface area contributed by atoms with Crippen LogP contribution in [-0.4, -0.2) is 4.92 Å². The molecule has 0 saturated carbocycles. The van der Waals surface area contributed by atoms with Gasteiger partial charge in [-0.2, -0.15) is 0 Å². The van der Waals surface area contributed by atoms with E-state index in [2.05, 4.69) is 0 Å². The van der Waals surface area contributed by atoms with Crippen LogP contribution in [0.15, 0.2) is 101 Å². The van der Waals surface area contributed by atoms with Gasteiger partial charge >= 0.3 is 11.5 Å². The molecular weight excluding hydrogens is 362 g/mol. The van der Waals surface area contributed by atoms with Gasteiger partial charge in [0.2, 0.25) is 0 Å². The van der Waals surface area contributed by atoms with Gasteiger partial charge in [-0.25, -0.2) is 4.42 Å². The Morgan fingerprint density at radius 1 is 0.655 bits per heavy atom. The van der Waals surface area contributed by atoms with Crippen LogP contribution in [0.25, 0.3) is 34.8 Å². The summed E-state index contributed by atoms with van der Waals surface area (Å²) in [4.78, 5) is 10.6. The third kappa shape index (κ3) is 4.45. The van der Waals surface area contributed by atoms with Gasteiger partial charge in [0.25, 0.3) is 5.69 Å². The minimum Gasteiger partial charge on any atom is -0.258 e. The van der Waals surface area contributed by atoms with E-state index in [1.165, 1.54) is 6.07 Å². The molecule has 0 amide bonds. The highest BCUT2D eigenvalue weighted by atomic mass is 16.6. The van der Waals surface area contributed by atoms with Crippen LogP contribution >= 0.6 is 0 Å². The van der Waals surface area contributed by atoms with E-state index in [1.807, 2.05) is 91.0 Å². The van der Waals surface area contributed by atoms with Gasteiger partial charge in [-0.15, -0.1) is 0 Å². The van der Waals surface area contributed by atoms with Crippen LogP contribution in [0.4, 0.5) is 5.69 Å². The summed E-state index contributed by atoms with van der Waals surface area (Å²) in [7, 11) is 0. The fourth-order valence-corrected chi connectivity index (χ4v) is 3.04. The number of nitrogens with zero attached hydrogens (tertiary/aromatic N) is 1. The van der Waals surface area contributed by atoms with E-state index in [-0.39, 0.29) is 10.6 Å². The number of benzene rings is 3. The van der Waals surface area contributed by atoms with E-state index in [0.29, 0.717) is 0 Å². The first-order valence-corrected chi connectivity index (χ1v) is 9.21. The van der Waals surface area contributed by atoms with Crippen molar-refractivity contribution in [3.8, 4) is 22.6 Å². The van der Waals surface area contributed by atoms with Crippen molar-refractivity contribution in [2.45, 2.75) is 0 Å². The van der Waals surface area contributed by atoms with Crippen LogP contribution in [0, 0.1) is 10.1 Å². The molecule has 0 saturated heterocycles. The monoisotopic (exact) mass is 380 g/mol. The highest BCUT2D eigenvalue weighted by Gasteiger charge is 2.18. The lowest BCUT2D eigenvalue weighted by Crippen LogP contribution is -1.87. The molecule has 0 fully saturated rings. The van der Waals surface area contributed by atoms with Crippen LogP contribution in [0.1, 0.15) is 11.1 Å². The molecular formula is C25H18NO3+. The maximum atomic E-state index is 11.0. The maximum Gasteiger partial charge on any atom is 0.361 e. The van der Waals surface area contributed by atoms with Gasteiger partial charge in [0, 0.05) is 12.1 Å². The minimum absolute atomic E-state index is 0.0742. The van der Waals surface area contributed by atoms with Crippen molar-refractivity contribution < 1.29 is 9.34 Å². The molecule has 0 aliphatic carbocycles. The van der Waals surface area contributed by atoms with E-state index in [1.54, 1.807) is 12.1 Å². The molecule has 0 aliphatic rings. The quantitative estimate of drug-likeness (QED) is 0.213. The molecule has 0 N–H and O–H groups in total. The van der Waals surface area contributed by atoms with Crippen LogP contribution in [-0.2, 0) is 0 Å². The number of rotatable bonds is 5. The third-order valence-corrected chi connectivity index (χ3v) is 4.48. The summed E-state index contributed by atoms with van der Waals surface area (Å²) in [5.41, 5.74) is 3.75. The number of nitro groups is 1. The molecule has 0 radical (unpaired) electrons. The number of hydrogen-bond donors (Lipinski definition) is 0. The standard InChI is InChI=1S/C25H18NO3/c27-26(28)23-13-7-8-19(16-23)14-15-20-17-24(21-9-3-1-4-10-21)29-25(18-20)22-11-5-2-6-12-22/h1-18H/q+1. The van der Waals surface area contributed by atoms with Crippen LogP contribution in [0.2, 0.25) is 0 Å². The second-order valence-electron chi connectivity index (χ2n) is 6.54. The van der Waals surface area contributed by atoms with E-state index < -0.39 is 0 Å². The molecule has 3 aromatic carbocycles. The predicted molar refractivity (Wildman–Crippen MR) is 116 cm³/mol. The zero-order valence-corrected chi connectivity index (χ0v) is 15.6. The first-order chi connectivity index (χ1) is 14.2. The van der Waals surface area contributed by atoms with Gasteiger partial charge in [0.15, 0.2) is 0 Å². The lowest BCUT2D eigenvalue weighted by Gasteiger charge is -1.98. The molecule has 4 nitrogen and oxygen atoms in total. The Labute approximate surface area is 168 Å². The van der Waals surface area contributed by atoms with Gasteiger partial charge in [-0.05, 0) is 35.4 Å². The summed E-state index contributed by atoms with van der Waals surface area (Å²) in [6, 6.07) is 30.3. The van der Waals surface area contributed by atoms with E-state index >= 15 is 0 Å². The highest BCUT2D eigenvalue weighted by molar-refractivity contribution is 5.75. The number of non-ortho nitro benzene ring substituents is 1. The Morgan fingerprint density at radius 2 is 1.21 bits per heavy atom. The van der Waals surface area contributed by atoms with Crippen LogP contribution in [0.5, 0.6) is 0 Å². The number of nitro benzene ring substituents is 1. The molecule has 29 heavy (non-hydrogen) atoms. The molecule has 140 valence electrons. The normalized spacial score (nSPS) is 10.9. The van der Waals surface area contributed by atoms with Crippen LogP contribution in [0.3, 0.4) is 0 Å². The Hall–Kier alpha value is -4.05. The zero-order valence-electron chi connectivity index (χ0n) is 15.6. The molecule has 1 heterocycles. The summed E-state index contributed by atoms with van der Waals surface area (Å²) in [5, 5.41) is 11.0. The largest absolute Gasteiger partial charge is 0.361 e. The maximum absolute atomic E-state index is 11.0. The average Bonchev–Trinajstić information content (AvgIpc) is 2.79. The topological polar surface area (TPSA) is 54.4 Å². The first-order valence-electron chi connectivity index (χ1n) is 9.21. The van der Waals surface area contributed by atoms with E-state index in [4.69, 9.17) is 4.42 Å². The fourth-order valence-electron chi connectivity index (χ4n) is 3.04. The highest BCUT2D eigenvalue weighted by Crippen LogP contribution is 2.29. The summed E-state index contributed by atoms with van der Waals surface area (Å²) in [5.74, 6) is 1.51. The molecule has 4 heteroatoms. The van der Waals surface area contributed by atoms with Crippen molar-refractivity contribution in [2.75, 3.05) is 0 Å². The lowest BCUT2D eigenvalue weighted by molar-refractivity contribution is -0.384. The van der Waals surface area contributed by atoms with E-state index in [0.717, 1.165) is 33.8 Å². The second-order valence-corrected chi connectivity index (χ2v) is 6.54. The summed E-state index contributed by atoms with van der Waals surface area (Å²) < 4.78 is 6.17. The lowest BCUT2D eigenvalue weighted by atomic mass is 10.1. The molecule has 4 rings (SSSR count). The van der Waals surface area contributed by atoms with E-state index in [9.17, 15) is 10.1 Å². The van der Waals surface area contributed by atoms with Gasteiger partial charge < -0.3 is 0 Å². The second kappa shape index (κ2) is 8.31. The summed E-state index contributed by atoms with van der Waals surface area (Å²) >= 11 is 0. The van der Waals surface area contributed by atoms with Gasteiger partial charge in [-0.3, -0.25) is 10.1 Å². The summed E-state index contributed by atoms with van der Waals surface area (Å²) in [6.07, 6.45) is 3.80. The Bertz CT molecular complexity index is 1110. The summed E-state index contributed by atoms with van der Waals surface area (Å²) in [6.45, 7) is 0. The molecule has 4 aromatic rings. The Balaban J connectivity index is 1.76. The Kier molecular flexibility index (Phi) is 5.25. The molecule has 1 aromatic heterocycles. The van der Waals surface area contributed by atoms with Crippen molar-refractivity contribution in [2.24, 2.45) is 0 Å². The van der Waals surface area contributed by atoms with Crippen molar-refractivity contribution in [1.82, 2.24) is 0 Å². The molecule has 0 bridgehead atoms. The fraction of sp³-hybridized carbons (Fsp3) is 0. The van der Waals surface area contributed by atoms with Gasteiger partial charge in [0.1, 0.15) is 0 Å². The minimum atomic E-state index is -0.389. The van der Waals surface area contributed by atoms with Gasteiger partial charge in [-0.1, -0.05) is 60.7 Å². The SMILES string of the molecule is O=[N+]([O-])c1cccc(C=Cc2cc(-c3ccccc3)[o+]c(-c3ccccc3)c2)c1. The smallest absolute Gasteiger partial charge is 0.258 e. The average molecular weight is 380 g/mol. The van der Waals surface area contributed by atoms with Crippen molar-refractivity contribution >= 4 is 17.8 Å². The number of hydrogen-bond acceptors (Lipinski definition) is 2. The predicted octanol–water partition coefficient (Wildman–Crippen LogP) is 6.97. The molecule has 0 unspecified atom stereocenters. The van der Waals surface area contributed by atoms with Crippen molar-refractivity contribution in [1.29, 1.82) is 0 Å². The molecule has 0 atom stereocenters. The molecule has 0 spiro atoms. The van der Waals surface area contributed by atoms with Crippen LogP contribution < -0.4 is 0 Å². The molecule has 0 aliphatic heterocycles.